The van der Waals surface area contributed by atoms with Crippen molar-refractivity contribution in [2.45, 2.75) is 46.3 Å². The summed E-state index contributed by atoms with van der Waals surface area (Å²) in [5.74, 6) is 0.0230. The second-order valence-electron chi connectivity index (χ2n) is 7.40. The molecule has 6 heteroatoms. The molecule has 2 aromatic rings. The SMILES string of the molecule is CCOc1ccc(/C=C/C(=O)OCC(=O)c2cc(C)n(C[C@@H]3CCCO3)c2C)cc1. The maximum atomic E-state index is 12.6. The van der Waals surface area contributed by atoms with Gasteiger partial charge in [0, 0.05) is 36.2 Å². The zero-order chi connectivity index (χ0) is 21.5. The molecular formula is C24H29NO5. The molecule has 2 heterocycles. The van der Waals surface area contributed by atoms with E-state index in [0.717, 1.165) is 48.7 Å². The molecule has 0 spiro atoms. The molecule has 3 rings (SSSR count). The molecule has 0 amide bonds. The van der Waals surface area contributed by atoms with E-state index in [1.165, 1.54) is 6.08 Å². The van der Waals surface area contributed by atoms with Crippen LogP contribution in [0.5, 0.6) is 5.75 Å². The molecule has 0 saturated carbocycles. The summed E-state index contributed by atoms with van der Waals surface area (Å²) in [5, 5.41) is 0. The fourth-order valence-corrected chi connectivity index (χ4v) is 3.62. The van der Waals surface area contributed by atoms with E-state index in [0.29, 0.717) is 12.2 Å². The number of carbonyl (C=O) groups excluding carboxylic acids is 2. The lowest BCUT2D eigenvalue weighted by Gasteiger charge is -2.14. The maximum Gasteiger partial charge on any atom is 0.331 e. The normalized spacial score (nSPS) is 16.2. The van der Waals surface area contributed by atoms with Crippen molar-refractivity contribution >= 4 is 17.8 Å². The van der Waals surface area contributed by atoms with Crippen LogP contribution in [0.15, 0.2) is 36.4 Å². The number of aryl methyl sites for hydroxylation is 1. The van der Waals surface area contributed by atoms with Crippen molar-refractivity contribution in [3.8, 4) is 5.75 Å². The standard InChI is InChI=1S/C24H29NO5/c1-4-28-20-10-7-19(8-11-20)9-12-24(27)30-16-23(26)22-14-17(2)25(18(22)3)15-21-6-5-13-29-21/h7-12,14,21H,4-6,13,15-16H2,1-3H3/b12-9+/t21-/m0/s1. The van der Waals surface area contributed by atoms with Gasteiger partial charge in [-0.25, -0.2) is 4.79 Å². The van der Waals surface area contributed by atoms with Crippen molar-refractivity contribution in [2.75, 3.05) is 19.8 Å². The van der Waals surface area contributed by atoms with Gasteiger partial charge >= 0.3 is 5.97 Å². The Morgan fingerprint density at radius 2 is 2.00 bits per heavy atom. The summed E-state index contributed by atoms with van der Waals surface area (Å²) in [7, 11) is 0. The number of esters is 1. The largest absolute Gasteiger partial charge is 0.494 e. The number of hydrogen-bond donors (Lipinski definition) is 0. The fraction of sp³-hybridized carbons (Fsp3) is 0.417. The Hall–Kier alpha value is -2.86. The Bertz CT molecular complexity index is 904. The number of ketones is 1. The molecule has 0 bridgehead atoms. The van der Waals surface area contributed by atoms with Crippen molar-refractivity contribution in [1.29, 1.82) is 0 Å². The smallest absolute Gasteiger partial charge is 0.331 e. The Morgan fingerprint density at radius 1 is 1.23 bits per heavy atom. The number of aromatic nitrogens is 1. The second kappa shape index (κ2) is 10.3. The van der Waals surface area contributed by atoms with E-state index in [1.807, 2.05) is 51.1 Å². The summed E-state index contributed by atoms with van der Waals surface area (Å²) in [6.07, 6.45) is 5.29. The Morgan fingerprint density at radius 3 is 2.67 bits per heavy atom. The molecule has 6 nitrogen and oxygen atoms in total. The lowest BCUT2D eigenvalue weighted by atomic mass is 10.1. The lowest BCUT2D eigenvalue weighted by Crippen LogP contribution is -2.18. The highest BCUT2D eigenvalue weighted by Crippen LogP contribution is 2.21. The topological polar surface area (TPSA) is 66.8 Å². The molecule has 1 saturated heterocycles. The van der Waals surface area contributed by atoms with Gasteiger partial charge in [0.1, 0.15) is 5.75 Å². The zero-order valence-electron chi connectivity index (χ0n) is 17.8. The first-order valence-electron chi connectivity index (χ1n) is 10.4. The minimum absolute atomic E-state index is 0.198. The van der Waals surface area contributed by atoms with Crippen LogP contribution in [-0.2, 0) is 20.8 Å². The number of hydrogen-bond acceptors (Lipinski definition) is 5. The molecule has 1 aromatic heterocycles. The van der Waals surface area contributed by atoms with E-state index >= 15 is 0 Å². The highest BCUT2D eigenvalue weighted by molar-refractivity contribution is 6.00. The molecule has 0 radical (unpaired) electrons. The fourth-order valence-electron chi connectivity index (χ4n) is 3.62. The van der Waals surface area contributed by atoms with Gasteiger partial charge in [0.25, 0.3) is 0 Å². The van der Waals surface area contributed by atoms with Crippen molar-refractivity contribution in [1.82, 2.24) is 4.57 Å². The summed E-state index contributed by atoms with van der Waals surface area (Å²) in [6, 6.07) is 9.23. The first-order chi connectivity index (χ1) is 14.5. The van der Waals surface area contributed by atoms with Crippen LogP contribution in [0.4, 0.5) is 0 Å². The van der Waals surface area contributed by atoms with Gasteiger partial charge in [-0.15, -0.1) is 0 Å². The van der Waals surface area contributed by atoms with Gasteiger partial charge in [-0.3, -0.25) is 4.79 Å². The van der Waals surface area contributed by atoms with Gasteiger partial charge in [-0.1, -0.05) is 12.1 Å². The average molecular weight is 411 g/mol. The van der Waals surface area contributed by atoms with Gasteiger partial charge in [-0.2, -0.15) is 0 Å². The van der Waals surface area contributed by atoms with E-state index in [4.69, 9.17) is 14.2 Å². The maximum absolute atomic E-state index is 12.6. The zero-order valence-corrected chi connectivity index (χ0v) is 17.8. The van der Waals surface area contributed by atoms with E-state index in [1.54, 1.807) is 6.08 Å². The predicted molar refractivity (Wildman–Crippen MR) is 115 cm³/mol. The van der Waals surface area contributed by atoms with Crippen molar-refractivity contribution < 1.29 is 23.8 Å². The first-order valence-corrected chi connectivity index (χ1v) is 10.4. The van der Waals surface area contributed by atoms with E-state index in [-0.39, 0.29) is 18.5 Å². The summed E-state index contributed by atoms with van der Waals surface area (Å²) in [4.78, 5) is 24.6. The van der Waals surface area contributed by atoms with Crippen LogP contribution in [0, 0.1) is 13.8 Å². The summed E-state index contributed by atoms with van der Waals surface area (Å²) in [5.41, 5.74) is 3.33. The van der Waals surface area contributed by atoms with Gasteiger partial charge < -0.3 is 18.8 Å². The molecule has 0 unspecified atom stereocenters. The molecule has 1 aliphatic rings. The molecule has 1 aromatic carbocycles. The molecule has 0 aliphatic carbocycles. The number of benzene rings is 1. The van der Waals surface area contributed by atoms with Crippen LogP contribution >= 0.6 is 0 Å². The van der Waals surface area contributed by atoms with Crippen LogP contribution < -0.4 is 4.74 Å². The molecule has 160 valence electrons. The molecular weight excluding hydrogens is 382 g/mol. The van der Waals surface area contributed by atoms with Gasteiger partial charge in [0.15, 0.2) is 6.61 Å². The molecule has 0 N–H and O–H groups in total. The minimum Gasteiger partial charge on any atom is -0.494 e. The van der Waals surface area contributed by atoms with Crippen LogP contribution in [0.1, 0.15) is 47.1 Å². The molecule has 30 heavy (non-hydrogen) atoms. The van der Waals surface area contributed by atoms with E-state index < -0.39 is 5.97 Å². The van der Waals surface area contributed by atoms with E-state index in [9.17, 15) is 9.59 Å². The van der Waals surface area contributed by atoms with Gasteiger partial charge in [0.2, 0.25) is 5.78 Å². The summed E-state index contributed by atoms with van der Waals surface area (Å²) in [6.45, 7) is 7.69. The Balaban J connectivity index is 1.54. The third kappa shape index (κ3) is 5.60. The molecule has 1 aliphatic heterocycles. The highest BCUT2D eigenvalue weighted by atomic mass is 16.5. The van der Waals surface area contributed by atoms with Crippen LogP contribution in [-0.4, -0.2) is 42.2 Å². The van der Waals surface area contributed by atoms with E-state index in [2.05, 4.69) is 4.57 Å². The number of nitrogens with zero attached hydrogens (tertiary/aromatic N) is 1. The third-order valence-electron chi connectivity index (χ3n) is 5.23. The van der Waals surface area contributed by atoms with Crippen LogP contribution in [0.25, 0.3) is 6.08 Å². The van der Waals surface area contributed by atoms with Crippen LogP contribution in [0.2, 0.25) is 0 Å². The average Bonchev–Trinajstić information content (AvgIpc) is 3.35. The minimum atomic E-state index is -0.551. The van der Waals surface area contributed by atoms with Gasteiger partial charge in [-0.05, 0) is 63.5 Å². The van der Waals surface area contributed by atoms with Crippen molar-refractivity contribution in [2.24, 2.45) is 0 Å². The highest BCUT2D eigenvalue weighted by Gasteiger charge is 2.21. The van der Waals surface area contributed by atoms with Gasteiger partial charge in [0.05, 0.1) is 12.7 Å². The molecule has 1 atom stereocenters. The monoisotopic (exact) mass is 411 g/mol. The van der Waals surface area contributed by atoms with Crippen LogP contribution in [0.3, 0.4) is 0 Å². The first kappa shape index (κ1) is 21.8. The quantitative estimate of drug-likeness (QED) is 0.353. The van der Waals surface area contributed by atoms with Crippen molar-refractivity contribution in [3.05, 3.63) is 58.9 Å². The lowest BCUT2D eigenvalue weighted by molar-refractivity contribution is -0.136. The third-order valence-corrected chi connectivity index (χ3v) is 5.23. The summed E-state index contributed by atoms with van der Waals surface area (Å²) >= 11 is 0. The number of Topliss-reactive ketones (excluding diaryl/α,β-unsaturated/α-hetero) is 1. The number of rotatable bonds is 9. The predicted octanol–water partition coefficient (Wildman–Crippen LogP) is 4.12. The summed E-state index contributed by atoms with van der Waals surface area (Å²) < 4.78 is 18.3. The second-order valence-corrected chi connectivity index (χ2v) is 7.40. The molecule has 1 fully saturated rings. The van der Waals surface area contributed by atoms with Crippen molar-refractivity contribution in [3.63, 3.8) is 0 Å². The Labute approximate surface area is 177 Å². The number of ether oxygens (including phenoxy) is 3. The Kier molecular flexibility index (Phi) is 7.46. The number of carbonyl (C=O) groups is 2.